The molecule has 0 saturated carbocycles. The van der Waals surface area contributed by atoms with Crippen LogP contribution in [0.3, 0.4) is 0 Å². The van der Waals surface area contributed by atoms with Crippen LogP contribution in [0.5, 0.6) is 0 Å². The van der Waals surface area contributed by atoms with Crippen molar-refractivity contribution >= 4 is 17.6 Å². The summed E-state index contributed by atoms with van der Waals surface area (Å²) in [4.78, 5) is 0. The summed E-state index contributed by atoms with van der Waals surface area (Å²) in [6, 6.07) is 0. The maximum atomic E-state index is 8.34. The fourth-order valence-corrected chi connectivity index (χ4v) is 2.24. The normalized spacial score (nSPS) is 28.4. The summed E-state index contributed by atoms with van der Waals surface area (Å²) in [5, 5.41) is 11.6. The first kappa shape index (κ1) is 7.72. The number of hydrogen-bond donors (Lipinski definition) is 2. The van der Waals surface area contributed by atoms with Crippen molar-refractivity contribution in [2.45, 2.75) is 24.5 Å². The van der Waals surface area contributed by atoms with Gasteiger partial charge in [-0.2, -0.15) is 11.8 Å². The van der Waals surface area contributed by atoms with E-state index in [-0.39, 0.29) is 5.25 Å². The Morgan fingerprint density at radius 2 is 2.40 bits per heavy atom. The smallest absolute Gasteiger partial charge is 0.152 e. The van der Waals surface area contributed by atoms with Crippen molar-refractivity contribution in [2.24, 2.45) is 10.9 Å². The van der Waals surface area contributed by atoms with E-state index in [1.165, 1.54) is 12.8 Å². The zero-order chi connectivity index (χ0) is 7.40. The summed E-state index contributed by atoms with van der Waals surface area (Å²) in [6.07, 6.45) is 3.52. The lowest BCUT2D eigenvalue weighted by Crippen LogP contribution is -2.28. The highest BCUT2D eigenvalue weighted by Crippen LogP contribution is 2.24. The topological polar surface area (TPSA) is 58.6 Å². The maximum absolute atomic E-state index is 8.34. The standard InChI is InChI=1S/C6H12N2OS/c7-6(8-9)5-3-1-2-4-10-5/h5,9H,1-4H2,(H2,7,8). The summed E-state index contributed by atoms with van der Waals surface area (Å²) in [5.74, 6) is 1.52. The van der Waals surface area contributed by atoms with Gasteiger partial charge in [-0.1, -0.05) is 11.6 Å². The van der Waals surface area contributed by atoms with Crippen LogP contribution in [-0.2, 0) is 0 Å². The molecular weight excluding hydrogens is 148 g/mol. The van der Waals surface area contributed by atoms with Crippen LogP contribution < -0.4 is 5.73 Å². The average molecular weight is 160 g/mol. The second kappa shape index (κ2) is 3.71. The molecule has 0 aromatic carbocycles. The number of thioether (sulfide) groups is 1. The first-order chi connectivity index (χ1) is 4.84. The summed E-state index contributed by atoms with van der Waals surface area (Å²) in [7, 11) is 0. The van der Waals surface area contributed by atoms with Crippen LogP contribution in [0.1, 0.15) is 19.3 Å². The van der Waals surface area contributed by atoms with Gasteiger partial charge in [0.05, 0.1) is 5.25 Å². The van der Waals surface area contributed by atoms with Gasteiger partial charge in [0.25, 0.3) is 0 Å². The van der Waals surface area contributed by atoms with E-state index in [9.17, 15) is 0 Å². The Bertz CT molecular complexity index is 132. The van der Waals surface area contributed by atoms with Crippen LogP contribution in [0, 0.1) is 0 Å². The van der Waals surface area contributed by atoms with E-state index in [1.807, 2.05) is 0 Å². The van der Waals surface area contributed by atoms with E-state index in [0.717, 1.165) is 12.2 Å². The summed E-state index contributed by atoms with van der Waals surface area (Å²) >= 11 is 1.78. The Morgan fingerprint density at radius 3 is 2.90 bits per heavy atom. The molecule has 3 N–H and O–H groups in total. The molecule has 0 radical (unpaired) electrons. The van der Waals surface area contributed by atoms with Crippen molar-refractivity contribution in [3.63, 3.8) is 0 Å². The minimum Gasteiger partial charge on any atom is -0.409 e. The number of nitrogens with zero attached hydrogens (tertiary/aromatic N) is 1. The van der Waals surface area contributed by atoms with Crippen molar-refractivity contribution in [3.05, 3.63) is 0 Å². The van der Waals surface area contributed by atoms with Crippen LogP contribution >= 0.6 is 11.8 Å². The molecule has 1 aliphatic rings. The van der Waals surface area contributed by atoms with Gasteiger partial charge in [-0.05, 0) is 18.6 Å². The Kier molecular flexibility index (Phi) is 2.86. The first-order valence-electron chi connectivity index (χ1n) is 3.43. The van der Waals surface area contributed by atoms with Crippen molar-refractivity contribution in [3.8, 4) is 0 Å². The number of amidine groups is 1. The molecule has 1 aliphatic heterocycles. The fourth-order valence-electron chi connectivity index (χ4n) is 1.04. The molecule has 1 unspecified atom stereocenters. The number of hydrogen-bond acceptors (Lipinski definition) is 3. The molecule has 1 heterocycles. The third kappa shape index (κ3) is 1.80. The maximum Gasteiger partial charge on any atom is 0.152 e. The summed E-state index contributed by atoms with van der Waals surface area (Å²) < 4.78 is 0. The highest BCUT2D eigenvalue weighted by atomic mass is 32.2. The van der Waals surface area contributed by atoms with Crippen molar-refractivity contribution in [2.75, 3.05) is 5.75 Å². The van der Waals surface area contributed by atoms with Gasteiger partial charge in [-0.15, -0.1) is 0 Å². The van der Waals surface area contributed by atoms with Gasteiger partial charge in [0.2, 0.25) is 0 Å². The quantitative estimate of drug-likeness (QED) is 0.260. The second-order valence-electron chi connectivity index (χ2n) is 2.38. The van der Waals surface area contributed by atoms with E-state index < -0.39 is 0 Å². The van der Waals surface area contributed by atoms with E-state index in [1.54, 1.807) is 11.8 Å². The molecule has 0 aromatic heterocycles. The molecule has 1 atom stereocenters. The SMILES string of the molecule is NC(=NO)C1CCCCS1. The highest BCUT2D eigenvalue weighted by Gasteiger charge is 2.17. The van der Waals surface area contributed by atoms with Crippen molar-refractivity contribution in [1.29, 1.82) is 0 Å². The van der Waals surface area contributed by atoms with E-state index in [2.05, 4.69) is 5.16 Å². The summed E-state index contributed by atoms with van der Waals surface area (Å²) in [6.45, 7) is 0. The van der Waals surface area contributed by atoms with Gasteiger partial charge >= 0.3 is 0 Å². The third-order valence-electron chi connectivity index (χ3n) is 1.63. The third-order valence-corrected chi connectivity index (χ3v) is 3.03. The Labute approximate surface area is 64.7 Å². The Hall–Kier alpha value is -0.380. The first-order valence-corrected chi connectivity index (χ1v) is 4.48. The van der Waals surface area contributed by atoms with E-state index in [0.29, 0.717) is 5.84 Å². The largest absolute Gasteiger partial charge is 0.409 e. The number of nitrogens with two attached hydrogens (primary N) is 1. The van der Waals surface area contributed by atoms with E-state index >= 15 is 0 Å². The predicted molar refractivity (Wildman–Crippen MR) is 43.5 cm³/mol. The molecule has 1 rings (SSSR count). The van der Waals surface area contributed by atoms with Gasteiger partial charge in [0, 0.05) is 0 Å². The van der Waals surface area contributed by atoms with Crippen molar-refractivity contribution < 1.29 is 5.21 Å². The fraction of sp³-hybridized carbons (Fsp3) is 0.833. The molecule has 1 saturated heterocycles. The Morgan fingerprint density at radius 1 is 1.60 bits per heavy atom. The van der Waals surface area contributed by atoms with Gasteiger partial charge in [0.1, 0.15) is 0 Å². The Balaban J connectivity index is 2.39. The molecule has 10 heavy (non-hydrogen) atoms. The van der Waals surface area contributed by atoms with Crippen LogP contribution in [0.25, 0.3) is 0 Å². The molecule has 4 heteroatoms. The molecular formula is C6H12N2OS. The molecule has 0 amide bonds. The van der Waals surface area contributed by atoms with Gasteiger partial charge in [-0.3, -0.25) is 0 Å². The molecule has 58 valence electrons. The number of rotatable bonds is 1. The molecule has 1 fully saturated rings. The monoisotopic (exact) mass is 160 g/mol. The zero-order valence-corrected chi connectivity index (χ0v) is 6.60. The molecule has 0 spiro atoms. The summed E-state index contributed by atoms with van der Waals surface area (Å²) in [5.41, 5.74) is 5.43. The average Bonchev–Trinajstić information content (AvgIpc) is 2.05. The number of oxime groups is 1. The molecule has 3 nitrogen and oxygen atoms in total. The van der Waals surface area contributed by atoms with Gasteiger partial charge in [-0.25, -0.2) is 0 Å². The lowest BCUT2D eigenvalue weighted by Gasteiger charge is -2.19. The molecule has 0 aromatic rings. The highest BCUT2D eigenvalue weighted by molar-refractivity contribution is 8.00. The minimum absolute atomic E-state index is 0.263. The van der Waals surface area contributed by atoms with Crippen LogP contribution in [0.4, 0.5) is 0 Å². The van der Waals surface area contributed by atoms with Gasteiger partial charge in [0.15, 0.2) is 5.84 Å². The predicted octanol–water partition coefficient (Wildman–Crippen LogP) is 1.02. The lowest BCUT2D eigenvalue weighted by atomic mass is 10.2. The zero-order valence-electron chi connectivity index (χ0n) is 5.79. The van der Waals surface area contributed by atoms with Crippen LogP contribution in [0.2, 0.25) is 0 Å². The minimum atomic E-state index is 0.263. The molecule has 0 bridgehead atoms. The van der Waals surface area contributed by atoms with Crippen LogP contribution in [-0.4, -0.2) is 22.0 Å². The van der Waals surface area contributed by atoms with E-state index in [4.69, 9.17) is 10.9 Å². The van der Waals surface area contributed by atoms with Crippen molar-refractivity contribution in [1.82, 2.24) is 0 Å². The lowest BCUT2D eigenvalue weighted by molar-refractivity contribution is 0.317. The molecule has 0 aliphatic carbocycles. The van der Waals surface area contributed by atoms with Crippen LogP contribution in [0.15, 0.2) is 5.16 Å². The second-order valence-corrected chi connectivity index (χ2v) is 3.69. The van der Waals surface area contributed by atoms with Gasteiger partial charge < -0.3 is 10.9 Å².